The molecule has 0 aromatic carbocycles. The third kappa shape index (κ3) is 4.01. The molecule has 2 heterocycles. The first kappa shape index (κ1) is 13.9. The zero-order valence-electron chi connectivity index (χ0n) is 11.7. The third-order valence-electron chi connectivity index (χ3n) is 2.23. The van der Waals surface area contributed by atoms with E-state index in [0.717, 1.165) is 5.69 Å². The van der Waals surface area contributed by atoms with Crippen LogP contribution in [0.5, 0.6) is 6.01 Å². The van der Waals surface area contributed by atoms with E-state index in [1.54, 1.807) is 13.2 Å². The lowest BCUT2D eigenvalue weighted by Gasteiger charge is -2.10. The van der Waals surface area contributed by atoms with Crippen LogP contribution in [-0.2, 0) is 6.54 Å². The standard InChI is InChI=1S/C12H17N7O/c1-8(2)20-12-17-10(13-3)16-11(18-12)14-7-9-5-4-6-15-19-9/h4-6,8H,7H2,1-3H3,(H2,13,14,16,17,18). The van der Waals surface area contributed by atoms with Crippen molar-refractivity contribution in [2.45, 2.75) is 26.5 Å². The van der Waals surface area contributed by atoms with Gasteiger partial charge in [-0.3, -0.25) is 0 Å². The molecule has 0 fully saturated rings. The molecule has 8 heteroatoms. The van der Waals surface area contributed by atoms with E-state index in [9.17, 15) is 0 Å². The highest BCUT2D eigenvalue weighted by atomic mass is 16.5. The predicted molar refractivity (Wildman–Crippen MR) is 74.5 cm³/mol. The van der Waals surface area contributed by atoms with Gasteiger partial charge < -0.3 is 15.4 Å². The third-order valence-corrected chi connectivity index (χ3v) is 2.23. The molecule has 0 amide bonds. The van der Waals surface area contributed by atoms with Crippen LogP contribution in [0.3, 0.4) is 0 Å². The first-order valence-corrected chi connectivity index (χ1v) is 6.28. The minimum atomic E-state index is -0.00468. The normalized spacial score (nSPS) is 10.4. The fraction of sp³-hybridized carbons (Fsp3) is 0.417. The second kappa shape index (κ2) is 6.60. The lowest BCUT2D eigenvalue weighted by Crippen LogP contribution is -2.13. The molecule has 2 aromatic heterocycles. The number of hydrogen-bond acceptors (Lipinski definition) is 8. The molecule has 0 aliphatic carbocycles. The number of hydrogen-bond donors (Lipinski definition) is 2. The average Bonchev–Trinajstić information content (AvgIpc) is 2.45. The first-order chi connectivity index (χ1) is 9.67. The Kier molecular flexibility index (Phi) is 4.59. The molecule has 0 saturated carbocycles. The van der Waals surface area contributed by atoms with Gasteiger partial charge in [-0.1, -0.05) is 0 Å². The molecule has 0 aliphatic rings. The summed E-state index contributed by atoms with van der Waals surface area (Å²) >= 11 is 0. The highest BCUT2D eigenvalue weighted by Crippen LogP contribution is 2.12. The van der Waals surface area contributed by atoms with Crippen LogP contribution in [0, 0.1) is 0 Å². The van der Waals surface area contributed by atoms with Crippen LogP contribution in [0.2, 0.25) is 0 Å². The highest BCUT2D eigenvalue weighted by molar-refractivity contribution is 5.35. The molecule has 0 unspecified atom stereocenters. The topological polar surface area (TPSA) is 97.7 Å². The van der Waals surface area contributed by atoms with Crippen molar-refractivity contribution < 1.29 is 4.74 Å². The summed E-state index contributed by atoms with van der Waals surface area (Å²) in [6, 6.07) is 3.97. The zero-order chi connectivity index (χ0) is 14.4. The molecule has 0 atom stereocenters. The van der Waals surface area contributed by atoms with Gasteiger partial charge in [0.15, 0.2) is 0 Å². The van der Waals surface area contributed by atoms with Gasteiger partial charge in [0.05, 0.1) is 18.3 Å². The summed E-state index contributed by atoms with van der Waals surface area (Å²) in [5.74, 6) is 0.864. The lowest BCUT2D eigenvalue weighted by molar-refractivity contribution is 0.222. The van der Waals surface area contributed by atoms with Crippen molar-refractivity contribution >= 4 is 11.9 Å². The van der Waals surface area contributed by atoms with Gasteiger partial charge in [-0.25, -0.2) is 0 Å². The first-order valence-electron chi connectivity index (χ1n) is 6.28. The highest BCUT2D eigenvalue weighted by Gasteiger charge is 2.08. The number of aromatic nitrogens is 5. The number of rotatable bonds is 6. The second-order valence-electron chi connectivity index (χ2n) is 4.25. The number of anilines is 2. The van der Waals surface area contributed by atoms with E-state index in [1.165, 1.54) is 0 Å². The maximum absolute atomic E-state index is 5.48. The average molecular weight is 275 g/mol. The fourth-order valence-electron chi connectivity index (χ4n) is 1.41. The quantitative estimate of drug-likeness (QED) is 0.808. The van der Waals surface area contributed by atoms with E-state index in [0.29, 0.717) is 18.4 Å². The molecule has 2 aromatic rings. The zero-order valence-corrected chi connectivity index (χ0v) is 11.7. The van der Waals surface area contributed by atoms with Gasteiger partial charge in [-0.15, -0.1) is 0 Å². The van der Waals surface area contributed by atoms with Crippen LogP contribution < -0.4 is 15.4 Å². The Balaban J connectivity index is 2.10. The SMILES string of the molecule is CNc1nc(NCc2cccnn2)nc(OC(C)C)n1. The van der Waals surface area contributed by atoms with Crippen LogP contribution in [0.25, 0.3) is 0 Å². The van der Waals surface area contributed by atoms with E-state index in [-0.39, 0.29) is 12.1 Å². The fourth-order valence-corrected chi connectivity index (χ4v) is 1.41. The molecule has 0 spiro atoms. The van der Waals surface area contributed by atoms with Crippen molar-refractivity contribution in [3.8, 4) is 6.01 Å². The van der Waals surface area contributed by atoms with Crippen molar-refractivity contribution in [1.29, 1.82) is 0 Å². The maximum Gasteiger partial charge on any atom is 0.323 e. The Hall–Kier alpha value is -2.51. The monoisotopic (exact) mass is 275 g/mol. The molecule has 0 aliphatic heterocycles. The van der Waals surface area contributed by atoms with Gasteiger partial charge in [0.1, 0.15) is 0 Å². The molecule has 0 bridgehead atoms. The summed E-state index contributed by atoms with van der Waals surface area (Å²) in [7, 11) is 1.74. The molecule has 106 valence electrons. The van der Waals surface area contributed by atoms with Gasteiger partial charge in [0, 0.05) is 13.2 Å². The molecule has 8 nitrogen and oxygen atoms in total. The molecule has 20 heavy (non-hydrogen) atoms. The molecular formula is C12H17N7O. The van der Waals surface area contributed by atoms with E-state index in [4.69, 9.17) is 4.74 Å². The maximum atomic E-state index is 5.48. The predicted octanol–water partition coefficient (Wildman–Crippen LogP) is 1.10. The summed E-state index contributed by atoms with van der Waals surface area (Å²) in [5, 5.41) is 13.7. The van der Waals surface area contributed by atoms with Gasteiger partial charge >= 0.3 is 6.01 Å². The summed E-state index contributed by atoms with van der Waals surface area (Å²) < 4.78 is 5.48. The number of nitrogens with zero attached hydrogens (tertiary/aromatic N) is 5. The van der Waals surface area contributed by atoms with Crippen LogP contribution in [0.15, 0.2) is 18.3 Å². The Morgan fingerprint density at radius 3 is 2.65 bits per heavy atom. The van der Waals surface area contributed by atoms with E-state index < -0.39 is 0 Å². The Morgan fingerprint density at radius 2 is 2.00 bits per heavy atom. The van der Waals surface area contributed by atoms with E-state index in [1.807, 2.05) is 26.0 Å². The minimum absolute atomic E-state index is 0.00468. The van der Waals surface area contributed by atoms with Crippen LogP contribution in [0.4, 0.5) is 11.9 Å². The van der Waals surface area contributed by atoms with Crippen molar-refractivity contribution in [3.63, 3.8) is 0 Å². The summed E-state index contributed by atoms with van der Waals surface area (Å²) in [6.07, 6.45) is 1.62. The smallest absolute Gasteiger partial charge is 0.323 e. The summed E-state index contributed by atoms with van der Waals surface area (Å²) in [5.41, 5.74) is 0.797. The Bertz CT molecular complexity index is 547. The van der Waals surface area contributed by atoms with Gasteiger partial charge in [-0.2, -0.15) is 25.1 Å². The number of nitrogens with one attached hydrogen (secondary N) is 2. The van der Waals surface area contributed by atoms with Crippen LogP contribution in [-0.4, -0.2) is 38.3 Å². The van der Waals surface area contributed by atoms with Gasteiger partial charge in [0.2, 0.25) is 11.9 Å². The van der Waals surface area contributed by atoms with Crippen molar-refractivity contribution in [3.05, 3.63) is 24.0 Å². The van der Waals surface area contributed by atoms with Crippen molar-refractivity contribution in [2.75, 3.05) is 17.7 Å². The van der Waals surface area contributed by atoms with Gasteiger partial charge in [-0.05, 0) is 26.0 Å². The van der Waals surface area contributed by atoms with Gasteiger partial charge in [0.25, 0.3) is 0 Å². The Morgan fingerprint density at radius 1 is 1.20 bits per heavy atom. The molecule has 2 rings (SSSR count). The minimum Gasteiger partial charge on any atom is -0.461 e. The van der Waals surface area contributed by atoms with Crippen LogP contribution in [0.1, 0.15) is 19.5 Å². The van der Waals surface area contributed by atoms with Crippen LogP contribution >= 0.6 is 0 Å². The number of ether oxygens (including phenoxy) is 1. The summed E-state index contributed by atoms with van der Waals surface area (Å²) in [6.45, 7) is 4.30. The van der Waals surface area contributed by atoms with E-state index in [2.05, 4.69) is 35.8 Å². The summed E-state index contributed by atoms with van der Waals surface area (Å²) in [4.78, 5) is 12.5. The van der Waals surface area contributed by atoms with Crippen molar-refractivity contribution in [2.24, 2.45) is 0 Å². The lowest BCUT2D eigenvalue weighted by atomic mass is 10.4. The largest absolute Gasteiger partial charge is 0.461 e. The molecule has 0 saturated heterocycles. The Labute approximate surface area is 117 Å². The molecular weight excluding hydrogens is 258 g/mol. The molecule has 0 radical (unpaired) electrons. The van der Waals surface area contributed by atoms with Crippen molar-refractivity contribution in [1.82, 2.24) is 25.1 Å². The van der Waals surface area contributed by atoms with E-state index >= 15 is 0 Å². The second-order valence-corrected chi connectivity index (χ2v) is 4.25. The molecule has 2 N–H and O–H groups in total.